The van der Waals surface area contributed by atoms with Crippen molar-refractivity contribution in [1.82, 2.24) is 5.32 Å². The molecule has 0 unspecified atom stereocenters. The molecule has 0 amide bonds. The highest BCUT2D eigenvalue weighted by Gasteiger charge is 2.47. The number of nitrogens with zero attached hydrogens (tertiary/aromatic N) is 1. The van der Waals surface area contributed by atoms with Gasteiger partial charge in [0.15, 0.2) is 5.78 Å². The Hall–Kier alpha value is -3.53. The van der Waals surface area contributed by atoms with Gasteiger partial charge in [0.25, 0.3) is 5.69 Å². The number of nitrogens with one attached hydrogen (secondary N) is 1. The average Bonchev–Trinajstić information content (AvgIpc) is 2.78. The van der Waals surface area contributed by atoms with Crippen molar-refractivity contribution in [2.24, 2.45) is 11.8 Å². The molecule has 0 spiro atoms. The van der Waals surface area contributed by atoms with Crippen molar-refractivity contribution >= 4 is 23.4 Å². The summed E-state index contributed by atoms with van der Waals surface area (Å²) in [7, 11) is 2.68. The largest absolute Gasteiger partial charge is 0.468 e. The summed E-state index contributed by atoms with van der Waals surface area (Å²) in [6.07, 6.45) is 0.371. The molecule has 1 N–H and O–H groups in total. The maximum Gasteiger partial charge on any atom is 0.336 e. The van der Waals surface area contributed by atoms with E-state index in [-0.39, 0.29) is 36.0 Å². The number of dihydropyridines is 1. The summed E-state index contributed by atoms with van der Waals surface area (Å²) in [6.45, 7) is 3.64. The Labute approximate surface area is 190 Å². The Morgan fingerprint density at radius 2 is 1.97 bits per heavy atom. The van der Waals surface area contributed by atoms with Crippen molar-refractivity contribution in [3.63, 3.8) is 0 Å². The van der Waals surface area contributed by atoms with Crippen molar-refractivity contribution in [3.05, 3.63) is 62.5 Å². The summed E-state index contributed by atoms with van der Waals surface area (Å²) in [6, 6.07) is 5.76. The van der Waals surface area contributed by atoms with Gasteiger partial charge in [-0.1, -0.05) is 19.1 Å². The summed E-state index contributed by atoms with van der Waals surface area (Å²) in [4.78, 5) is 49.9. The molecular weight excluding hydrogens is 432 g/mol. The minimum atomic E-state index is -1.04. The third-order valence-corrected chi connectivity index (χ3v) is 5.90. The first-order valence-electron chi connectivity index (χ1n) is 10.4. The molecule has 1 aromatic rings. The number of hydrogen-bond donors (Lipinski definition) is 1. The highest BCUT2D eigenvalue weighted by atomic mass is 16.6. The number of allylic oxidation sites excluding steroid dienone is 3. The fraction of sp³-hybridized carbons (Fsp3) is 0.435. The highest BCUT2D eigenvalue weighted by molar-refractivity contribution is 6.12. The Bertz CT molecular complexity index is 1060. The number of methoxy groups -OCH3 is 2. The fourth-order valence-electron chi connectivity index (χ4n) is 4.40. The van der Waals surface area contributed by atoms with E-state index in [4.69, 9.17) is 14.2 Å². The Kier molecular flexibility index (Phi) is 7.27. The highest BCUT2D eigenvalue weighted by Crippen LogP contribution is 2.45. The Morgan fingerprint density at radius 3 is 2.61 bits per heavy atom. The van der Waals surface area contributed by atoms with Crippen molar-refractivity contribution in [1.29, 1.82) is 0 Å². The lowest BCUT2D eigenvalue weighted by atomic mass is 9.69. The lowest BCUT2D eigenvalue weighted by Crippen LogP contribution is -2.43. The molecule has 1 aliphatic carbocycles. The smallest absolute Gasteiger partial charge is 0.336 e. The quantitative estimate of drug-likeness (QED) is 0.215. The molecule has 10 heteroatoms. The molecule has 0 radical (unpaired) electrons. The number of Topliss-reactive ketones (excluding diaryl/α,β-unsaturated/α-hetero) is 1. The van der Waals surface area contributed by atoms with Crippen molar-refractivity contribution in [3.8, 4) is 0 Å². The number of carbonyl (C=O) groups excluding carboxylic acids is 3. The second kappa shape index (κ2) is 9.95. The van der Waals surface area contributed by atoms with Crippen LogP contribution in [0.1, 0.15) is 31.7 Å². The van der Waals surface area contributed by atoms with Crippen LogP contribution in [-0.4, -0.2) is 50.1 Å². The van der Waals surface area contributed by atoms with Gasteiger partial charge in [0.05, 0.1) is 24.2 Å². The van der Waals surface area contributed by atoms with Crippen LogP contribution in [0.2, 0.25) is 0 Å². The Morgan fingerprint density at radius 1 is 1.24 bits per heavy atom. The number of non-ortho nitro benzene ring substituents is 1. The van der Waals surface area contributed by atoms with Gasteiger partial charge in [-0.05, 0) is 24.8 Å². The Balaban J connectivity index is 2.16. The van der Waals surface area contributed by atoms with E-state index in [1.54, 1.807) is 19.9 Å². The first kappa shape index (κ1) is 24.1. The molecule has 176 valence electrons. The minimum Gasteiger partial charge on any atom is -0.468 e. The number of rotatable bonds is 7. The lowest BCUT2D eigenvalue weighted by Gasteiger charge is -2.38. The van der Waals surface area contributed by atoms with Gasteiger partial charge in [0.2, 0.25) is 0 Å². The zero-order chi connectivity index (χ0) is 24.3. The number of nitro benzene ring substituents is 1. The van der Waals surface area contributed by atoms with Crippen LogP contribution in [0.15, 0.2) is 46.8 Å². The molecule has 0 saturated heterocycles. The molecule has 0 aromatic heterocycles. The van der Waals surface area contributed by atoms with Gasteiger partial charge in [-0.2, -0.15) is 0 Å². The van der Waals surface area contributed by atoms with Gasteiger partial charge in [0, 0.05) is 42.1 Å². The van der Waals surface area contributed by atoms with E-state index in [2.05, 4.69) is 5.32 Å². The first-order chi connectivity index (χ1) is 15.7. The maximum absolute atomic E-state index is 13.6. The third-order valence-electron chi connectivity index (χ3n) is 5.90. The van der Waals surface area contributed by atoms with Crippen molar-refractivity contribution < 1.29 is 33.5 Å². The van der Waals surface area contributed by atoms with E-state index in [0.717, 1.165) is 0 Å². The minimum absolute atomic E-state index is 0.00452. The fourth-order valence-corrected chi connectivity index (χ4v) is 4.40. The molecule has 0 bridgehead atoms. The molecule has 3 atom stereocenters. The predicted octanol–water partition coefficient (Wildman–Crippen LogP) is 2.40. The van der Waals surface area contributed by atoms with Crippen molar-refractivity contribution in [2.75, 3.05) is 27.4 Å². The van der Waals surface area contributed by atoms with Crippen LogP contribution < -0.4 is 5.32 Å². The second-order valence-corrected chi connectivity index (χ2v) is 8.02. The summed E-state index contributed by atoms with van der Waals surface area (Å²) >= 11 is 0. The van der Waals surface area contributed by atoms with Gasteiger partial charge in [-0.3, -0.25) is 19.7 Å². The van der Waals surface area contributed by atoms with E-state index >= 15 is 0 Å². The number of nitro groups is 1. The normalized spacial score (nSPS) is 22.4. The van der Waals surface area contributed by atoms with Gasteiger partial charge in [-0.15, -0.1) is 0 Å². The molecule has 2 aliphatic rings. The molecule has 0 saturated carbocycles. The lowest BCUT2D eigenvalue weighted by molar-refractivity contribution is -0.384. The van der Waals surface area contributed by atoms with Crippen LogP contribution in [0.25, 0.3) is 0 Å². The van der Waals surface area contributed by atoms with E-state index in [1.807, 2.05) is 0 Å². The molecule has 10 nitrogen and oxygen atoms in total. The monoisotopic (exact) mass is 458 g/mol. The molecule has 1 heterocycles. The number of esters is 2. The molecule has 1 aromatic carbocycles. The van der Waals surface area contributed by atoms with E-state index in [1.165, 1.54) is 32.4 Å². The van der Waals surface area contributed by atoms with E-state index in [0.29, 0.717) is 23.4 Å². The average molecular weight is 458 g/mol. The van der Waals surface area contributed by atoms with Crippen LogP contribution in [0.5, 0.6) is 0 Å². The number of hydrogen-bond acceptors (Lipinski definition) is 9. The standard InChI is InChI=1S/C23H26N2O8/c1-12-10-16-20(21(26)17(12)22(27)32-4)19(14-6-5-7-15(11-14)25(29)30)18(13(2)24-16)23(28)33-9-8-31-3/h5-7,11-12,17,19,24H,8-10H2,1-4H3/t12-,17-,19+/m0/s1. The molecule has 33 heavy (non-hydrogen) atoms. The summed E-state index contributed by atoms with van der Waals surface area (Å²) < 4.78 is 15.1. The third kappa shape index (κ3) is 4.65. The van der Waals surface area contributed by atoms with Gasteiger partial charge >= 0.3 is 11.9 Å². The topological polar surface area (TPSA) is 134 Å². The van der Waals surface area contributed by atoms with Gasteiger partial charge in [-0.25, -0.2) is 4.79 Å². The molecular formula is C23H26N2O8. The number of ketones is 1. The summed E-state index contributed by atoms with van der Waals surface area (Å²) in [5, 5.41) is 14.5. The van der Waals surface area contributed by atoms with Crippen LogP contribution in [0.4, 0.5) is 5.69 Å². The van der Waals surface area contributed by atoms with Crippen LogP contribution in [0, 0.1) is 22.0 Å². The number of ether oxygens (including phenoxy) is 3. The van der Waals surface area contributed by atoms with Gasteiger partial charge in [0.1, 0.15) is 12.5 Å². The van der Waals surface area contributed by atoms with Crippen LogP contribution >= 0.6 is 0 Å². The molecule has 0 fully saturated rings. The van der Waals surface area contributed by atoms with Crippen molar-refractivity contribution in [2.45, 2.75) is 26.2 Å². The zero-order valence-electron chi connectivity index (χ0n) is 18.9. The van der Waals surface area contributed by atoms with E-state index in [9.17, 15) is 24.5 Å². The van der Waals surface area contributed by atoms with Gasteiger partial charge < -0.3 is 19.5 Å². The first-order valence-corrected chi connectivity index (χ1v) is 10.4. The number of benzene rings is 1. The second-order valence-electron chi connectivity index (χ2n) is 8.02. The van der Waals surface area contributed by atoms with Crippen LogP contribution in [0.3, 0.4) is 0 Å². The molecule has 1 aliphatic heterocycles. The molecule has 3 rings (SSSR count). The van der Waals surface area contributed by atoms with E-state index < -0.39 is 34.5 Å². The predicted molar refractivity (Wildman–Crippen MR) is 116 cm³/mol. The van der Waals surface area contributed by atoms with Crippen LogP contribution in [-0.2, 0) is 28.6 Å². The summed E-state index contributed by atoms with van der Waals surface area (Å²) in [5.74, 6) is -4.13. The maximum atomic E-state index is 13.6. The number of carbonyl (C=O) groups is 3. The zero-order valence-corrected chi connectivity index (χ0v) is 18.9. The SMILES string of the molecule is COCCOC(=O)C1=C(C)NC2=C(C(=O)[C@@H](C(=O)OC)[C@@H](C)C2)[C@@H]1c1cccc([N+](=O)[O-])c1. The summed E-state index contributed by atoms with van der Waals surface area (Å²) in [5.41, 5.74) is 1.62.